The van der Waals surface area contributed by atoms with Crippen molar-refractivity contribution < 1.29 is 22.7 Å². The van der Waals surface area contributed by atoms with Crippen LogP contribution in [0.5, 0.6) is 5.75 Å². The number of piperidine rings is 1. The van der Waals surface area contributed by atoms with Crippen molar-refractivity contribution in [3.8, 4) is 16.9 Å². The van der Waals surface area contributed by atoms with E-state index in [-0.39, 0.29) is 17.6 Å². The van der Waals surface area contributed by atoms with Crippen LogP contribution in [0, 0.1) is 5.92 Å². The van der Waals surface area contributed by atoms with E-state index in [0.29, 0.717) is 29.3 Å². The Morgan fingerprint density at radius 2 is 1.81 bits per heavy atom. The molecule has 224 valence electrons. The maximum Gasteiger partial charge on any atom is 0.573 e. The number of allylic oxidation sites excluding steroid dienone is 1. The molecule has 0 aliphatic carbocycles. The quantitative estimate of drug-likeness (QED) is 0.183. The van der Waals surface area contributed by atoms with E-state index >= 15 is 0 Å². The van der Waals surface area contributed by atoms with Crippen molar-refractivity contribution in [3.05, 3.63) is 89.6 Å². The van der Waals surface area contributed by atoms with E-state index in [0.717, 1.165) is 49.0 Å². The predicted molar refractivity (Wildman–Crippen MR) is 161 cm³/mol. The molecule has 1 atom stereocenters. The molecule has 42 heavy (non-hydrogen) atoms. The van der Waals surface area contributed by atoms with Gasteiger partial charge in [0.1, 0.15) is 11.6 Å². The molecule has 1 aliphatic rings. The smallest absolute Gasteiger partial charge is 0.406 e. The first-order chi connectivity index (χ1) is 20.0. The number of carbonyl (C=O) groups is 1. The standard InChI is InChI=1S/C34H40F3N3O2/c1-4-5-6-8-23(2)25-15-17-40(18-16-25)33(41)27-13-11-26(12-14-27)30-20-29(32(38)39-22-30)19-24(3)28-9-7-10-31(21-28)42-34(35,36)37/h7,9-14,20-22,24-25H,2,4-6,8,15-19H2,1,3H3,(H2,38,39)/t24-/m0/s1. The topological polar surface area (TPSA) is 68.5 Å². The van der Waals surface area contributed by atoms with Gasteiger partial charge < -0.3 is 15.4 Å². The number of rotatable bonds is 11. The molecule has 0 unspecified atom stereocenters. The summed E-state index contributed by atoms with van der Waals surface area (Å²) in [5, 5.41) is 0. The summed E-state index contributed by atoms with van der Waals surface area (Å²) in [7, 11) is 0. The third-order valence-electron chi connectivity index (χ3n) is 8.11. The van der Waals surface area contributed by atoms with E-state index in [2.05, 4.69) is 23.2 Å². The Labute approximate surface area is 246 Å². The predicted octanol–water partition coefficient (Wildman–Crippen LogP) is 8.56. The zero-order chi connectivity index (χ0) is 30.3. The Kier molecular flexibility index (Phi) is 10.3. The van der Waals surface area contributed by atoms with Crippen LogP contribution in [-0.4, -0.2) is 35.2 Å². The number of nitrogens with zero attached hydrogens (tertiary/aromatic N) is 2. The minimum Gasteiger partial charge on any atom is -0.406 e. The van der Waals surface area contributed by atoms with Gasteiger partial charge in [0.05, 0.1) is 0 Å². The molecule has 1 fully saturated rings. The first-order valence-electron chi connectivity index (χ1n) is 14.7. The highest BCUT2D eigenvalue weighted by molar-refractivity contribution is 5.94. The molecule has 8 heteroatoms. The number of benzene rings is 2. The number of unbranched alkanes of at least 4 members (excludes halogenated alkanes) is 2. The molecule has 2 aromatic carbocycles. The zero-order valence-corrected chi connectivity index (χ0v) is 24.4. The van der Waals surface area contributed by atoms with Gasteiger partial charge in [-0.25, -0.2) is 4.98 Å². The van der Waals surface area contributed by atoms with Gasteiger partial charge in [-0.15, -0.1) is 13.2 Å². The van der Waals surface area contributed by atoms with Crippen LogP contribution >= 0.6 is 0 Å². The number of likely N-dealkylation sites (tertiary alicyclic amines) is 1. The fourth-order valence-corrected chi connectivity index (χ4v) is 5.59. The van der Waals surface area contributed by atoms with E-state index in [9.17, 15) is 18.0 Å². The minimum absolute atomic E-state index is 0.0401. The Hall–Kier alpha value is -3.81. The summed E-state index contributed by atoms with van der Waals surface area (Å²) in [4.78, 5) is 19.5. The number of anilines is 1. The lowest BCUT2D eigenvalue weighted by Gasteiger charge is -2.33. The molecule has 1 aromatic heterocycles. The summed E-state index contributed by atoms with van der Waals surface area (Å²) in [6.45, 7) is 9.93. The van der Waals surface area contributed by atoms with E-state index in [1.807, 2.05) is 42.2 Å². The molecule has 0 saturated carbocycles. The number of ether oxygens (including phenoxy) is 1. The Bertz CT molecular complexity index is 1360. The molecule has 0 bridgehead atoms. The van der Waals surface area contributed by atoms with Crippen molar-refractivity contribution in [1.29, 1.82) is 0 Å². The zero-order valence-electron chi connectivity index (χ0n) is 24.4. The number of hydrogen-bond acceptors (Lipinski definition) is 4. The summed E-state index contributed by atoms with van der Waals surface area (Å²) in [6, 6.07) is 15.4. The number of aromatic nitrogens is 1. The number of nitrogen functional groups attached to an aromatic ring is 1. The molecular weight excluding hydrogens is 539 g/mol. The number of halogens is 3. The number of amides is 1. The van der Waals surface area contributed by atoms with Gasteiger partial charge in [0, 0.05) is 30.4 Å². The summed E-state index contributed by atoms with van der Waals surface area (Å²) in [5.74, 6) is 0.535. The number of carbonyl (C=O) groups excluding carboxylic acids is 1. The van der Waals surface area contributed by atoms with Crippen LogP contribution in [0.3, 0.4) is 0 Å². The maximum absolute atomic E-state index is 13.2. The van der Waals surface area contributed by atoms with Crippen molar-refractivity contribution in [2.75, 3.05) is 18.8 Å². The molecule has 5 nitrogen and oxygen atoms in total. The summed E-state index contributed by atoms with van der Waals surface area (Å²) < 4.78 is 42.0. The third kappa shape index (κ3) is 8.37. The number of alkyl halides is 3. The fraction of sp³-hybridized carbons (Fsp3) is 0.412. The van der Waals surface area contributed by atoms with E-state index in [1.54, 1.807) is 18.3 Å². The second-order valence-electron chi connectivity index (χ2n) is 11.3. The van der Waals surface area contributed by atoms with Gasteiger partial charge in [0.15, 0.2) is 0 Å². The lowest BCUT2D eigenvalue weighted by Crippen LogP contribution is -2.38. The van der Waals surface area contributed by atoms with Crippen molar-refractivity contribution in [2.24, 2.45) is 5.92 Å². The Balaban J connectivity index is 1.38. The second kappa shape index (κ2) is 13.9. The molecule has 4 rings (SSSR count). The summed E-state index contributed by atoms with van der Waals surface area (Å²) in [5.41, 5.74) is 11.4. The number of hydrogen-bond donors (Lipinski definition) is 1. The highest BCUT2D eigenvalue weighted by Gasteiger charge is 2.31. The van der Waals surface area contributed by atoms with Crippen molar-refractivity contribution in [2.45, 2.75) is 71.1 Å². The first kappa shape index (κ1) is 31.1. The van der Waals surface area contributed by atoms with Crippen LogP contribution < -0.4 is 10.5 Å². The maximum atomic E-state index is 13.2. The SMILES string of the molecule is C=C(CCCCC)C1CCN(C(=O)c2ccc(-c3cnc(N)c(C[C@H](C)c4cccc(OC(F)(F)F)c4)c3)cc2)CC1. The fourth-order valence-electron chi connectivity index (χ4n) is 5.59. The van der Waals surface area contributed by atoms with Crippen molar-refractivity contribution >= 4 is 11.7 Å². The molecule has 1 saturated heterocycles. The van der Waals surface area contributed by atoms with Crippen LogP contribution in [0.4, 0.5) is 19.0 Å². The summed E-state index contributed by atoms with van der Waals surface area (Å²) in [6.07, 6.45) is 4.08. The van der Waals surface area contributed by atoms with Gasteiger partial charge in [-0.3, -0.25) is 4.79 Å². The second-order valence-corrected chi connectivity index (χ2v) is 11.3. The van der Waals surface area contributed by atoms with Gasteiger partial charge >= 0.3 is 6.36 Å². The number of pyridine rings is 1. The molecule has 0 radical (unpaired) electrons. The molecule has 1 amide bonds. The molecule has 1 aliphatic heterocycles. The first-order valence-corrected chi connectivity index (χ1v) is 14.7. The van der Waals surface area contributed by atoms with Crippen LogP contribution in [-0.2, 0) is 6.42 Å². The average Bonchev–Trinajstić information content (AvgIpc) is 2.97. The molecule has 0 spiro atoms. The average molecular weight is 580 g/mol. The van der Waals surface area contributed by atoms with E-state index in [1.165, 1.54) is 37.0 Å². The van der Waals surface area contributed by atoms with Crippen LogP contribution in [0.1, 0.15) is 79.8 Å². The normalized spacial score (nSPS) is 14.9. The Morgan fingerprint density at radius 1 is 1.10 bits per heavy atom. The molecule has 2 N–H and O–H groups in total. The Morgan fingerprint density at radius 3 is 2.48 bits per heavy atom. The summed E-state index contributed by atoms with van der Waals surface area (Å²) >= 11 is 0. The van der Waals surface area contributed by atoms with Gasteiger partial charge in [-0.2, -0.15) is 0 Å². The molecule has 2 heterocycles. The van der Waals surface area contributed by atoms with Crippen molar-refractivity contribution in [1.82, 2.24) is 9.88 Å². The third-order valence-corrected chi connectivity index (χ3v) is 8.11. The minimum atomic E-state index is -4.75. The van der Waals surface area contributed by atoms with Gasteiger partial charge in [0.2, 0.25) is 0 Å². The highest BCUT2D eigenvalue weighted by Crippen LogP contribution is 2.31. The van der Waals surface area contributed by atoms with Crippen LogP contribution in [0.25, 0.3) is 11.1 Å². The lowest BCUT2D eigenvalue weighted by molar-refractivity contribution is -0.274. The largest absolute Gasteiger partial charge is 0.573 e. The lowest BCUT2D eigenvalue weighted by atomic mass is 9.87. The number of nitrogens with two attached hydrogens (primary N) is 1. The molecular formula is C34H40F3N3O2. The van der Waals surface area contributed by atoms with Gasteiger partial charge in [-0.1, -0.05) is 63.1 Å². The van der Waals surface area contributed by atoms with E-state index in [4.69, 9.17) is 5.73 Å². The van der Waals surface area contributed by atoms with E-state index < -0.39 is 6.36 Å². The highest BCUT2D eigenvalue weighted by atomic mass is 19.4. The monoisotopic (exact) mass is 579 g/mol. The van der Waals surface area contributed by atoms with Crippen molar-refractivity contribution in [3.63, 3.8) is 0 Å². The van der Waals surface area contributed by atoms with Crippen LogP contribution in [0.15, 0.2) is 72.9 Å². The van der Waals surface area contributed by atoms with Crippen LogP contribution in [0.2, 0.25) is 0 Å². The molecule has 3 aromatic rings. The van der Waals surface area contributed by atoms with Gasteiger partial charge in [-0.05, 0) is 91.0 Å². The van der Waals surface area contributed by atoms with Gasteiger partial charge in [0.25, 0.3) is 5.91 Å².